The van der Waals surface area contributed by atoms with Crippen molar-refractivity contribution in [3.8, 4) is 0 Å². The summed E-state index contributed by atoms with van der Waals surface area (Å²) in [6.45, 7) is 4.48. The number of hydrogen-bond donors (Lipinski definition) is 0. The summed E-state index contributed by atoms with van der Waals surface area (Å²) in [6, 6.07) is 0. The summed E-state index contributed by atoms with van der Waals surface area (Å²) in [6.07, 6.45) is 0.761. The van der Waals surface area contributed by atoms with E-state index in [9.17, 15) is 0 Å². The molecule has 0 aromatic heterocycles. The zero-order valence-electron chi connectivity index (χ0n) is 5.15. The van der Waals surface area contributed by atoms with Crippen molar-refractivity contribution in [1.29, 1.82) is 0 Å². The number of nitrogens with zero attached hydrogens (tertiary/aromatic N) is 1. The molecule has 0 aliphatic carbocycles. The van der Waals surface area contributed by atoms with Crippen molar-refractivity contribution in [3.63, 3.8) is 0 Å². The molecule has 3 heteroatoms. The average molecular weight is 136 g/mol. The van der Waals surface area contributed by atoms with E-state index in [2.05, 4.69) is 4.51 Å². The predicted molar refractivity (Wildman–Crippen MR) is 35.2 cm³/mol. The first-order chi connectivity index (χ1) is 3.85. The molecule has 0 aromatic rings. The third kappa shape index (κ3) is 2.86. The summed E-state index contributed by atoms with van der Waals surface area (Å²) in [5.74, 6) is 0.606. The lowest BCUT2D eigenvalue weighted by atomic mass is 10.5. The van der Waals surface area contributed by atoms with Gasteiger partial charge >= 0.3 is 0 Å². The minimum atomic E-state index is 0.606. The maximum atomic E-state index is 5.11. The molecule has 0 bridgehead atoms. The van der Waals surface area contributed by atoms with Crippen LogP contribution in [0, 0.1) is 0 Å². The van der Waals surface area contributed by atoms with E-state index in [0.29, 0.717) is 12.5 Å². The highest BCUT2D eigenvalue weighted by Gasteiger charge is 1.90. The monoisotopic (exact) mass is 135 g/mol. The predicted octanol–water partition coefficient (Wildman–Crippen LogP) is 1.99. The highest BCUT2D eigenvalue weighted by Crippen LogP contribution is 1.90. The Balaban J connectivity index is 3.38. The molecule has 0 unspecified atom stereocenters. The Morgan fingerprint density at radius 2 is 2.25 bits per heavy atom. The highest BCUT2D eigenvalue weighted by molar-refractivity contribution is 6.19. The molecule has 8 heavy (non-hydrogen) atoms. The summed E-state index contributed by atoms with van der Waals surface area (Å²) in [5, 5.41) is 0. The number of hydrogen-bond acceptors (Lipinski definition) is 2. The minimum Gasteiger partial charge on any atom is -0.480 e. The van der Waals surface area contributed by atoms with Gasteiger partial charge < -0.3 is 4.74 Å². The van der Waals surface area contributed by atoms with E-state index in [0.717, 1.165) is 6.42 Å². The molecule has 0 fully saturated rings. The molecule has 48 valence electrons. The fourth-order valence-electron chi connectivity index (χ4n) is 0.353. The van der Waals surface area contributed by atoms with Crippen LogP contribution in [0.2, 0.25) is 0 Å². The summed E-state index contributed by atoms with van der Waals surface area (Å²) >= 11 is 5.11. The number of rotatable bonds is 2. The molecular formula is C5H10ClNO. The molecule has 0 radical (unpaired) electrons. The van der Waals surface area contributed by atoms with Crippen LogP contribution in [0.3, 0.4) is 0 Å². The van der Waals surface area contributed by atoms with Crippen LogP contribution in [0.4, 0.5) is 0 Å². The van der Waals surface area contributed by atoms with Crippen LogP contribution in [0.1, 0.15) is 20.3 Å². The quantitative estimate of drug-likeness (QED) is 0.419. The smallest absolute Gasteiger partial charge is 0.200 e. The first kappa shape index (κ1) is 7.76. The van der Waals surface area contributed by atoms with E-state index in [1.165, 1.54) is 0 Å². The molecule has 0 aliphatic rings. The van der Waals surface area contributed by atoms with Crippen LogP contribution in [-0.4, -0.2) is 12.5 Å². The molecule has 0 saturated carbocycles. The van der Waals surface area contributed by atoms with Crippen LogP contribution in [0.25, 0.3) is 0 Å². The van der Waals surface area contributed by atoms with Crippen molar-refractivity contribution in [2.75, 3.05) is 6.61 Å². The van der Waals surface area contributed by atoms with Crippen molar-refractivity contribution >= 4 is 17.7 Å². The Bertz CT molecular complexity index is 82.5. The summed E-state index contributed by atoms with van der Waals surface area (Å²) in [4.78, 5) is 0. The minimum absolute atomic E-state index is 0.606. The van der Waals surface area contributed by atoms with Crippen molar-refractivity contribution in [2.24, 2.45) is 4.51 Å². The Morgan fingerprint density at radius 1 is 1.62 bits per heavy atom. The van der Waals surface area contributed by atoms with Gasteiger partial charge in [-0.3, -0.25) is 0 Å². The summed E-state index contributed by atoms with van der Waals surface area (Å²) in [7, 11) is 0. The second kappa shape index (κ2) is 4.91. The highest BCUT2D eigenvalue weighted by atomic mass is 35.5. The van der Waals surface area contributed by atoms with Gasteiger partial charge in [0.2, 0.25) is 5.90 Å². The average Bonchev–Trinajstić information content (AvgIpc) is 1.83. The van der Waals surface area contributed by atoms with Gasteiger partial charge in [-0.05, 0) is 6.92 Å². The Kier molecular flexibility index (Phi) is 4.76. The topological polar surface area (TPSA) is 21.6 Å². The molecule has 0 aliphatic heterocycles. The molecule has 0 heterocycles. The lowest BCUT2D eigenvalue weighted by Crippen LogP contribution is -2.00. The van der Waals surface area contributed by atoms with Crippen molar-refractivity contribution in [2.45, 2.75) is 20.3 Å². The molecule has 0 rings (SSSR count). The normalized spacial score (nSPS) is 11.6. The van der Waals surface area contributed by atoms with Crippen LogP contribution >= 0.6 is 11.8 Å². The second-order valence-electron chi connectivity index (χ2n) is 1.26. The van der Waals surface area contributed by atoms with Gasteiger partial charge in [-0.25, -0.2) is 0 Å². The van der Waals surface area contributed by atoms with Gasteiger partial charge in [0.05, 0.1) is 6.61 Å². The van der Waals surface area contributed by atoms with Crippen LogP contribution in [-0.2, 0) is 4.74 Å². The maximum absolute atomic E-state index is 5.11. The van der Waals surface area contributed by atoms with Gasteiger partial charge in [0.15, 0.2) is 0 Å². The molecular weight excluding hydrogens is 126 g/mol. The Hall–Kier alpha value is -0.240. The molecule has 0 amide bonds. The van der Waals surface area contributed by atoms with Gasteiger partial charge in [-0.15, -0.1) is 4.51 Å². The van der Waals surface area contributed by atoms with Crippen LogP contribution < -0.4 is 0 Å². The van der Waals surface area contributed by atoms with E-state index < -0.39 is 0 Å². The third-order valence-electron chi connectivity index (χ3n) is 0.708. The van der Waals surface area contributed by atoms with E-state index in [-0.39, 0.29) is 0 Å². The molecule has 2 nitrogen and oxygen atoms in total. The Morgan fingerprint density at radius 3 is 2.38 bits per heavy atom. The Labute approximate surface area is 54.6 Å². The first-order valence-corrected chi connectivity index (χ1v) is 2.99. The number of halogens is 1. The van der Waals surface area contributed by atoms with Gasteiger partial charge in [0, 0.05) is 18.2 Å². The molecule has 0 saturated heterocycles. The fourth-order valence-corrected chi connectivity index (χ4v) is 0.521. The largest absolute Gasteiger partial charge is 0.480 e. The van der Waals surface area contributed by atoms with Crippen molar-refractivity contribution in [3.05, 3.63) is 0 Å². The van der Waals surface area contributed by atoms with Crippen LogP contribution in [0.15, 0.2) is 4.51 Å². The summed E-state index contributed by atoms with van der Waals surface area (Å²) in [5.41, 5.74) is 0. The summed E-state index contributed by atoms with van der Waals surface area (Å²) < 4.78 is 8.32. The first-order valence-electron chi connectivity index (χ1n) is 2.65. The van der Waals surface area contributed by atoms with Gasteiger partial charge in [0.25, 0.3) is 0 Å². The molecule has 0 spiro atoms. The van der Waals surface area contributed by atoms with Crippen molar-refractivity contribution in [1.82, 2.24) is 0 Å². The van der Waals surface area contributed by atoms with Gasteiger partial charge in [0.1, 0.15) is 0 Å². The van der Waals surface area contributed by atoms with Gasteiger partial charge in [-0.2, -0.15) is 0 Å². The van der Waals surface area contributed by atoms with E-state index in [1.807, 2.05) is 13.8 Å². The lowest BCUT2D eigenvalue weighted by Gasteiger charge is -1.99. The molecule has 0 atom stereocenters. The second-order valence-corrected chi connectivity index (χ2v) is 1.43. The zero-order valence-corrected chi connectivity index (χ0v) is 5.90. The van der Waals surface area contributed by atoms with Gasteiger partial charge in [-0.1, -0.05) is 6.92 Å². The molecule has 0 N–H and O–H groups in total. The zero-order chi connectivity index (χ0) is 6.41. The van der Waals surface area contributed by atoms with E-state index in [1.54, 1.807) is 0 Å². The SMILES string of the molecule is CCO/C(CC)=N\Cl. The number of ether oxygens (including phenoxy) is 1. The fraction of sp³-hybridized carbons (Fsp3) is 0.800. The maximum Gasteiger partial charge on any atom is 0.200 e. The van der Waals surface area contributed by atoms with E-state index >= 15 is 0 Å². The molecule has 0 aromatic carbocycles. The van der Waals surface area contributed by atoms with Crippen molar-refractivity contribution < 1.29 is 4.74 Å². The van der Waals surface area contributed by atoms with Crippen LogP contribution in [0.5, 0.6) is 0 Å². The van der Waals surface area contributed by atoms with E-state index in [4.69, 9.17) is 16.5 Å². The lowest BCUT2D eigenvalue weighted by molar-refractivity contribution is 0.320. The third-order valence-corrected chi connectivity index (χ3v) is 0.896. The standard InChI is InChI=1S/C5H10ClNO/c1-3-5(7-6)8-4-2/h3-4H2,1-2H3/b7-5-.